The van der Waals surface area contributed by atoms with Crippen molar-refractivity contribution in [2.45, 2.75) is 13.0 Å². The zero-order valence-corrected chi connectivity index (χ0v) is 15.7. The Bertz CT molecular complexity index is 995. The molecule has 0 bridgehead atoms. The summed E-state index contributed by atoms with van der Waals surface area (Å²) in [5.74, 6) is -1.07. The molecule has 0 unspecified atom stereocenters. The molecule has 1 aromatic carbocycles. The van der Waals surface area contributed by atoms with Gasteiger partial charge in [0.1, 0.15) is 11.8 Å². The molecule has 146 valence electrons. The summed E-state index contributed by atoms with van der Waals surface area (Å²) in [6.45, 7) is 2.49. The van der Waals surface area contributed by atoms with Crippen LogP contribution in [0.25, 0.3) is 11.0 Å². The molecule has 1 aliphatic heterocycles. The van der Waals surface area contributed by atoms with Crippen molar-refractivity contribution in [2.24, 2.45) is 5.92 Å². The minimum Gasteiger partial charge on any atom is -0.467 e. The molecule has 2 atom stereocenters. The van der Waals surface area contributed by atoms with Crippen molar-refractivity contribution in [1.82, 2.24) is 9.55 Å². The molecule has 0 radical (unpaired) electrons. The Kier molecular flexibility index (Phi) is 4.87. The molecule has 2 aromatic heterocycles. The van der Waals surface area contributed by atoms with Gasteiger partial charge in [-0.1, -0.05) is 12.1 Å². The largest absolute Gasteiger partial charge is 0.467 e. The maximum absolute atomic E-state index is 13.4. The molecule has 0 aliphatic carbocycles. The Labute approximate surface area is 161 Å². The molecule has 1 aliphatic rings. The van der Waals surface area contributed by atoms with Gasteiger partial charge in [0, 0.05) is 7.11 Å². The van der Waals surface area contributed by atoms with E-state index in [0.717, 1.165) is 11.0 Å². The van der Waals surface area contributed by atoms with E-state index in [1.807, 2.05) is 28.8 Å². The van der Waals surface area contributed by atoms with Crippen molar-refractivity contribution in [2.75, 3.05) is 31.8 Å². The summed E-state index contributed by atoms with van der Waals surface area (Å²) in [6.07, 6.45) is 1.53. The number of furan rings is 1. The summed E-state index contributed by atoms with van der Waals surface area (Å²) in [4.78, 5) is 32.3. The first-order valence-electron chi connectivity index (χ1n) is 9.14. The van der Waals surface area contributed by atoms with Gasteiger partial charge in [0.15, 0.2) is 5.92 Å². The van der Waals surface area contributed by atoms with Gasteiger partial charge in [-0.05, 0) is 31.2 Å². The molecule has 28 heavy (non-hydrogen) atoms. The van der Waals surface area contributed by atoms with E-state index in [0.29, 0.717) is 18.3 Å². The lowest BCUT2D eigenvalue weighted by molar-refractivity contribution is -0.153. The highest BCUT2D eigenvalue weighted by Gasteiger charge is 2.48. The van der Waals surface area contributed by atoms with E-state index >= 15 is 0 Å². The third-order valence-corrected chi connectivity index (χ3v) is 4.84. The summed E-state index contributed by atoms with van der Waals surface area (Å²) in [5, 5.41) is 0. The van der Waals surface area contributed by atoms with Crippen LogP contribution >= 0.6 is 0 Å². The number of methoxy groups -OCH3 is 1. The van der Waals surface area contributed by atoms with E-state index in [1.54, 1.807) is 26.2 Å². The fourth-order valence-corrected chi connectivity index (χ4v) is 3.65. The summed E-state index contributed by atoms with van der Waals surface area (Å²) in [7, 11) is 1.56. The lowest BCUT2D eigenvalue weighted by Crippen LogP contribution is -2.51. The number of hydrogen-bond acceptors (Lipinski definition) is 6. The van der Waals surface area contributed by atoms with Gasteiger partial charge in [0.25, 0.3) is 0 Å². The number of ether oxygens (including phenoxy) is 2. The third kappa shape index (κ3) is 2.86. The molecule has 4 rings (SSSR count). The number of imidazole rings is 1. The van der Waals surface area contributed by atoms with Gasteiger partial charge in [0.2, 0.25) is 11.9 Å². The number of para-hydroxylation sites is 2. The molecule has 1 amide bonds. The zero-order valence-electron chi connectivity index (χ0n) is 15.7. The van der Waals surface area contributed by atoms with Gasteiger partial charge in [0.05, 0.1) is 37.1 Å². The lowest BCUT2D eigenvalue weighted by Gasteiger charge is -2.36. The fourth-order valence-electron chi connectivity index (χ4n) is 3.65. The first-order valence-corrected chi connectivity index (χ1v) is 9.14. The minimum atomic E-state index is -1.08. The van der Waals surface area contributed by atoms with Crippen LogP contribution in [-0.4, -0.2) is 48.3 Å². The number of hydrogen-bond donors (Lipinski definition) is 0. The Morgan fingerprint density at radius 1 is 1.25 bits per heavy atom. The van der Waals surface area contributed by atoms with Crippen LogP contribution in [0.5, 0.6) is 0 Å². The van der Waals surface area contributed by atoms with Crippen molar-refractivity contribution in [1.29, 1.82) is 0 Å². The van der Waals surface area contributed by atoms with Gasteiger partial charge < -0.3 is 13.9 Å². The molecule has 0 N–H and O–H groups in total. The second kappa shape index (κ2) is 7.47. The number of amides is 1. The fraction of sp³-hybridized carbons (Fsp3) is 0.350. The van der Waals surface area contributed by atoms with E-state index in [1.165, 1.54) is 11.2 Å². The summed E-state index contributed by atoms with van der Waals surface area (Å²) in [6, 6.07) is 10.4. The van der Waals surface area contributed by atoms with E-state index in [2.05, 4.69) is 4.98 Å². The minimum absolute atomic E-state index is 0.184. The van der Waals surface area contributed by atoms with Crippen LogP contribution in [0.15, 0.2) is 47.1 Å². The van der Waals surface area contributed by atoms with Crippen molar-refractivity contribution < 1.29 is 23.5 Å². The number of carbonyl (C=O) groups excluding carboxylic acids is 2. The molecular weight excluding hydrogens is 362 g/mol. The van der Waals surface area contributed by atoms with Crippen molar-refractivity contribution in [3.63, 3.8) is 0 Å². The average molecular weight is 383 g/mol. The number of fused-ring (bicyclic) bond motifs is 3. The number of esters is 1. The number of carbonyl (C=O) groups is 2. The standard InChI is InChI=1S/C20H21N3O5/c1-3-27-19(25)16-17(15-9-6-11-28-15)23-14-8-5-4-7-13(14)21-20(23)22(18(16)24)10-12-26-2/h4-9,11,16-17H,3,10,12H2,1-2H3/t16-,17+/m1/s1. The molecular formula is C20H21N3O5. The Morgan fingerprint density at radius 3 is 2.79 bits per heavy atom. The molecule has 0 saturated heterocycles. The van der Waals surface area contributed by atoms with E-state index < -0.39 is 17.9 Å². The Hall–Kier alpha value is -3.13. The Morgan fingerprint density at radius 2 is 2.07 bits per heavy atom. The second-order valence-corrected chi connectivity index (χ2v) is 6.44. The molecule has 3 heterocycles. The van der Waals surface area contributed by atoms with Crippen LogP contribution in [-0.2, 0) is 19.1 Å². The van der Waals surface area contributed by atoms with E-state index in [9.17, 15) is 9.59 Å². The number of rotatable bonds is 6. The van der Waals surface area contributed by atoms with Gasteiger partial charge in [-0.25, -0.2) is 4.98 Å². The van der Waals surface area contributed by atoms with Crippen molar-refractivity contribution in [3.05, 3.63) is 48.4 Å². The highest BCUT2D eigenvalue weighted by molar-refractivity contribution is 6.08. The molecule has 8 nitrogen and oxygen atoms in total. The van der Waals surface area contributed by atoms with Crippen LogP contribution in [0.3, 0.4) is 0 Å². The van der Waals surface area contributed by atoms with Gasteiger partial charge in [-0.15, -0.1) is 0 Å². The third-order valence-electron chi connectivity index (χ3n) is 4.84. The number of nitrogens with zero attached hydrogens (tertiary/aromatic N) is 3. The molecule has 0 fully saturated rings. The van der Waals surface area contributed by atoms with Crippen LogP contribution in [0.4, 0.5) is 5.95 Å². The topological polar surface area (TPSA) is 86.8 Å². The predicted molar refractivity (Wildman–Crippen MR) is 101 cm³/mol. The molecule has 0 saturated carbocycles. The van der Waals surface area contributed by atoms with Crippen LogP contribution in [0, 0.1) is 5.92 Å². The van der Waals surface area contributed by atoms with Crippen LogP contribution in [0.1, 0.15) is 18.7 Å². The maximum atomic E-state index is 13.4. The summed E-state index contributed by atoms with van der Waals surface area (Å²) in [5.41, 5.74) is 1.54. The first-order chi connectivity index (χ1) is 13.7. The first kappa shape index (κ1) is 18.2. The highest BCUT2D eigenvalue weighted by Crippen LogP contribution is 2.41. The lowest BCUT2D eigenvalue weighted by atomic mass is 9.93. The summed E-state index contributed by atoms with van der Waals surface area (Å²) >= 11 is 0. The molecule has 3 aromatic rings. The smallest absolute Gasteiger partial charge is 0.321 e. The number of anilines is 1. The average Bonchev–Trinajstić information content (AvgIpc) is 3.34. The van der Waals surface area contributed by atoms with Crippen LogP contribution in [0.2, 0.25) is 0 Å². The maximum Gasteiger partial charge on any atom is 0.321 e. The summed E-state index contributed by atoms with van der Waals surface area (Å²) < 4.78 is 17.9. The quantitative estimate of drug-likeness (QED) is 0.480. The number of benzene rings is 1. The van der Waals surface area contributed by atoms with Crippen molar-refractivity contribution >= 4 is 28.9 Å². The molecule has 0 spiro atoms. The predicted octanol–water partition coefficient (Wildman–Crippen LogP) is 2.39. The normalized spacial score (nSPS) is 19.1. The SMILES string of the molecule is CCOC(=O)[C@H]1C(=O)N(CCOC)c2nc3ccccc3n2[C@H]1c1ccco1. The molecule has 8 heteroatoms. The van der Waals surface area contributed by atoms with Crippen molar-refractivity contribution in [3.8, 4) is 0 Å². The van der Waals surface area contributed by atoms with Gasteiger partial charge in [-0.3, -0.25) is 19.1 Å². The highest BCUT2D eigenvalue weighted by atomic mass is 16.5. The van der Waals surface area contributed by atoms with E-state index in [4.69, 9.17) is 13.9 Å². The Balaban J connectivity index is 1.95. The van der Waals surface area contributed by atoms with Gasteiger partial charge in [-0.2, -0.15) is 0 Å². The van der Waals surface area contributed by atoms with E-state index in [-0.39, 0.29) is 19.1 Å². The monoisotopic (exact) mass is 383 g/mol. The zero-order chi connectivity index (χ0) is 19.7. The van der Waals surface area contributed by atoms with Gasteiger partial charge >= 0.3 is 5.97 Å². The number of aromatic nitrogens is 2. The second-order valence-electron chi connectivity index (χ2n) is 6.44. The van der Waals surface area contributed by atoms with Crippen LogP contribution < -0.4 is 4.90 Å².